The zero-order valence-electron chi connectivity index (χ0n) is 8.34. The molecular formula is C11H14ClMgNO2. The minimum absolute atomic E-state index is 0. The van der Waals surface area contributed by atoms with Gasteiger partial charge in [0.2, 0.25) is 0 Å². The molecule has 0 fully saturated rings. The Morgan fingerprint density at radius 3 is 2.69 bits per heavy atom. The van der Waals surface area contributed by atoms with Crippen LogP contribution in [0.3, 0.4) is 0 Å². The molecule has 0 aliphatic rings. The lowest BCUT2D eigenvalue weighted by atomic mass is 10.2. The maximum atomic E-state index is 11.5. The number of nitrogens with zero attached hydrogens (tertiary/aromatic N) is 1. The van der Waals surface area contributed by atoms with E-state index in [1.165, 1.54) is 4.57 Å². The number of carbonyl (C=O) groups is 1. The Bertz CT molecular complexity index is 470. The van der Waals surface area contributed by atoms with Crippen LogP contribution < -0.4 is 0 Å². The monoisotopic (exact) mass is 251 g/mol. The van der Waals surface area contributed by atoms with Crippen LogP contribution in [0.2, 0.25) is 0 Å². The molecule has 1 aromatic heterocycles. The Kier molecular flexibility index (Phi) is 6.48. The Morgan fingerprint density at radius 2 is 2.00 bits per heavy atom. The zero-order chi connectivity index (χ0) is 9.97. The molecule has 5 heteroatoms. The topological polar surface area (TPSA) is 31.2 Å². The highest BCUT2D eigenvalue weighted by molar-refractivity contribution is 5.89. The molecule has 0 saturated heterocycles. The van der Waals surface area contributed by atoms with E-state index in [0.29, 0.717) is 6.61 Å². The second-order valence-electron chi connectivity index (χ2n) is 2.94. The number of para-hydroxylation sites is 1. The van der Waals surface area contributed by atoms with Crippen molar-refractivity contribution in [3.05, 3.63) is 36.5 Å². The summed E-state index contributed by atoms with van der Waals surface area (Å²) in [5.74, 6) is 0. The van der Waals surface area contributed by atoms with Gasteiger partial charge in [-0.2, -0.15) is 0 Å². The average molecular weight is 252 g/mol. The zero-order valence-corrected chi connectivity index (χ0v) is 9.16. The third-order valence-electron chi connectivity index (χ3n) is 2.06. The molecule has 0 spiro atoms. The molecule has 3 nitrogen and oxygen atoms in total. The fraction of sp³-hybridized carbons (Fsp3) is 0.182. The Morgan fingerprint density at radius 1 is 1.31 bits per heavy atom. The van der Waals surface area contributed by atoms with Crippen molar-refractivity contribution in [2.45, 2.75) is 6.92 Å². The van der Waals surface area contributed by atoms with Gasteiger partial charge < -0.3 is 4.74 Å². The summed E-state index contributed by atoms with van der Waals surface area (Å²) in [5.41, 5.74) is 0.881. The SMILES string of the molecule is CCOC(=O)n1ccc2ccccc21.Cl.[MgH2]. The third-order valence-corrected chi connectivity index (χ3v) is 2.06. The van der Waals surface area contributed by atoms with Gasteiger partial charge in [0.15, 0.2) is 0 Å². The van der Waals surface area contributed by atoms with Gasteiger partial charge >= 0.3 is 29.1 Å². The molecule has 0 amide bonds. The number of carbonyl (C=O) groups excluding carboxylic acids is 1. The van der Waals surface area contributed by atoms with Crippen molar-refractivity contribution in [3.63, 3.8) is 0 Å². The maximum absolute atomic E-state index is 11.5. The molecule has 0 aliphatic heterocycles. The van der Waals surface area contributed by atoms with Gasteiger partial charge in [0.1, 0.15) is 0 Å². The molecule has 16 heavy (non-hydrogen) atoms. The average Bonchev–Trinajstić information content (AvgIpc) is 2.61. The van der Waals surface area contributed by atoms with Crippen LogP contribution in [0.1, 0.15) is 6.92 Å². The van der Waals surface area contributed by atoms with E-state index < -0.39 is 0 Å². The number of hydrogen-bond acceptors (Lipinski definition) is 2. The first-order chi connectivity index (χ1) is 6.83. The van der Waals surface area contributed by atoms with Crippen molar-refractivity contribution in [3.8, 4) is 0 Å². The summed E-state index contributed by atoms with van der Waals surface area (Å²) in [6, 6.07) is 9.60. The minimum Gasteiger partial charge on any atom is -0.449 e. The Labute approximate surface area is 116 Å². The molecular weight excluding hydrogens is 238 g/mol. The molecule has 1 aromatic carbocycles. The predicted molar refractivity (Wildman–Crippen MR) is 70.2 cm³/mol. The van der Waals surface area contributed by atoms with E-state index in [4.69, 9.17) is 4.74 Å². The van der Waals surface area contributed by atoms with Crippen molar-refractivity contribution in [1.82, 2.24) is 4.57 Å². The number of aromatic nitrogens is 1. The largest absolute Gasteiger partial charge is 0.449 e. The summed E-state index contributed by atoms with van der Waals surface area (Å²) in [6.45, 7) is 2.19. The van der Waals surface area contributed by atoms with Crippen LogP contribution in [0.15, 0.2) is 36.5 Å². The summed E-state index contributed by atoms with van der Waals surface area (Å²) in [4.78, 5) is 11.5. The summed E-state index contributed by atoms with van der Waals surface area (Å²) in [6.07, 6.45) is 1.40. The first-order valence-corrected chi connectivity index (χ1v) is 4.56. The van der Waals surface area contributed by atoms with E-state index in [1.54, 1.807) is 13.1 Å². The number of fused-ring (bicyclic) bond motifs is 1. The van der Waals surface area contributed by atoms with Crippen LogP contribution in [0.5, 0.6) is 0 Å². The fourth-order valence-corrected chi connectivity index (χ4v) is 1.44. The van der Waals surface area contributed by atoms with Crippen molar-refractivity contribution in [2.75, 3.05) is 6.61 Å². The van der Waals surface area contributed by atoms with Gasteiger partial charge in [-0.25, -0.2) is 4.79 Å². The van der Waals surface area contributed by atoms with Crippen molar-refractivity contribution >= 4 is 52.5 Å². The van der Waals surface area contributed by atoms with Crippen molar-refractivity contribution in [2.24, 2.45) is 0 Å². The second kappa shape index (κ2) is 6.78. The number of benzene rings is 1. The molecule has 1 heterocycles. The molecule has 0 N–H and O–H groups in total. The lowest BCUT2D eigenvalue weighted by Crippen LogP contribution is -2.11. The summed E-state index contributed by atoms with van der Waals surface area (Å²) in [7, 11) is 0. The van der Waals surface area contributed by atoms with Gasteiger partial charge in [-0.05, 0) is 19.1 Å². The number of halogens is 1. The second-order valence-corrected chi connectivity index (χ2v) is 2.94. The minimum atomic E-state index is -0.325. The van der Waals surface area contributed by atoms with Crippen molar-refractivity contribution < 1.29 is 9.53 Å². The number of rotatable bonds is 1. The smallest absolute Gasteiger partial charge is 0.418 e. The van der Waals surface area contributed by atoms with Gasteiger partial charge in [0.25, 0.3) is 0 Å². The summed E-state index contributed by atoms with van der Waals surface area (Å²) < 4.78 is 6.43. The van der Waals surface area contributed by atoms with Crippen LogP contribution in [0.25, 0.3) is 10.9 Å². The van der Waals surface area contributed by atoms with Crippen LogP contribution in [-0.4, -0.2) is 40.3 Å². The summed E-state index contributed by atoms with van der Waals surface area (Å²) >= 11 is 0. The molecule has 0 saturated carbocycles. The van der Waals surface area contributed by atoms with Crippen LogP contribution in [0.4, 0.5) is 4.79 Å². The quantitative estimate of drug-likeness (QED) is 0.728. The third kappa shape index (κ3) is 2.90. The highest BCUT2D eigenvalue weighted by atomic mass is 35.5. The van der Waals surface area contributed by atoms with Crippen LogP contribution >= 0.6 is 12.4 Å². The van der Waals surface area contributed by atoms with E-state index in [1.807, 2.05) is 30.3 Å². The molecule has 2 aromatic rings. The van der Waals surface area contributed by atoms with E-state index in [0.717, 1.165) is 10.9 Å². The fourth-order valence-electron chi connectivity index (χ4n) is 1.44. The van der Waals surface area contributed by atoms with E-state index in [2.05, 4.69) is 0 Å². The van der Waals surface area contributed by atoms with E-state index in [9.17, 15) is 4.79 Å². The molecule has 0 radical (unpaired) electrons. The lowest BCUT2D eigenvalue weighted by molar-refractivity contribution is 0.155. The summed E-state index contributed by atoms with van der Waals surface area (Å²) in [5, 5.41) is 1.04. The highest BCUT2D eigenvalue weighted by Crippen LogP contribution is 2.14. The molecule has 0 unspecified atom stereocenters. The maximum Gasteiger partial charge on any atom is 0.418 e. The standard InChI is InChI=1S/C11H11NO2.ClH.Mg.2H/c1-2-14-11(13)12-8-7-9-5-3-4-6-10(9)12;;;;/h3-8H,2H2,1H3;1H;;;. The lowest BCUT2D eigenvalue weighted by Gasteiger charge is -2.03. The van der Waals surface area contributed by atoms with Gasteiger partial charge in [-0.3, -0.25) is 4.57 Å². The van der Waals surface area contributed by atoms with Crippen molar-refractivity contribution in [1.29, 1.82) is 0 Å². The molecule has 0 atom stereocenters. The van der Waals surface area contributed by atoms with Gasteiger partial charge in [-0.1, -0.05) is 18.2 Å². The molecule has 0 bridgehead atoms. The normalized spacial score (nSPS) is 9.06. The molecule has 0 aliphatic carbocycles. The molecule has 84 valence electrons. The molecule has 2 rings (SSSR count). The van der Waals surface area contributed by atoms with Gasteiger partial charge in [0.05, 0.1) is 12.1 Å². The first-order valence-electron chi connectivity index (χ1n) is 4.56. The van der Waals surface area contributed by atoms with Crippen LogP contribution in [0, 0.1) is 0 Å². The van der Waals surface area contributed by atoms with E-state index in [-0.39, 0.29) is 41.6 Å². The van der Waals surface area contributed by atoms with E-state index >= 15 is 0 Å². The Hall–Kier alpha value is -0.714. The van der Waals surface area contributed by atoms with Crippen LogP contribution in [-0.2, 0) is 4.74 Å². The van der Waals surface area contributed by atoms with Gasteiger partial charge in [-0.15, -0.1) is 12.4 Å². The first kappa shape index (κ1) is 15.3. The predicted octanol–water partition coefficient (Wildman–Crippen LogP) is 2.15. The number of hydrogen-bond donors (Lipinski definition) is 0. The van der Waals surface area contributed by atoms with Gasteiger partial charge in [0, 0.05) is 11.6 Å². The highest BCUT2D eigenvalue weighted by Gasteiger charge is 2.07. The number of ether oxygens (including phenoxy) is 1. The Balaban J connectivity index is 0.00000112.